The summed E-state index contributed by atoms with van der Waals surface area (Å²) < 4.78 is 3.39. The average Bonchev–Trinajstić information content (AvgIpc) is 3.15. The number of nitrogens with one attached hydrogen (secondary N) is 1. The number of nitrogens with zero attached hydrogens (tertiary/aromatic N) is 2. The molecule has 0 unspecified atom stereocenters. The lowest BCUT2D eigenvalue weighted by Gasteiger charge is -2.09. The molecule has 0 aliphatic carbocycles. The molecule has 3 aromatic rings. The number of carbonyl (C=O) groups excluding carboxylic acids is 1. The van der Waals surface area contributed by atoms with Crippen molar-refractivity contribution < 1.29 is 4.79 Å². The zero-order chi connectivity index (χ0) is 20.5. The Morgan fingerprint density at radius 1 is 1.14 bits per heavy atom. The van der Waals surface area contributed by atoms with Crippen LogP contribution in [0, 0.1) is 17.4 Å². The third-order valence-corrected chi connectivity index (χ3v) is 6.40. The number of aromatic nitrogens is 1. The molecule has 0 radical (unpaired) electrons. The molecule has 146 valence electrons. The number of hydrogen-bond donors (Lipinski definition) is 1. The fourth-order valence-electron chi connectivity index (χ4n) is 3.21. The van der Waals surface area contributed by atoms with Gasteiger partial charge in [0, 0.05) is 25.7 Å². The summed E-state index contributed by atoms with van der Waals surface area (Å²) in [6.07, 6.45) is 1.92. The third kappa shape index (κ3) is 4.44. The van der Waals surface area contributed by atoms with E-state index < -0.39 is 0 Å². The van der Waals surface area contributed by atoms with Crippen LogP contribution >= 0.6 is 46.0 Å². The standard InChI is InChI=1S/C22H17ClIN3OS/c1-13-10-15(14(2)27(13)19-8-6-17(24)7-9-19)11-20-21(28)26-22(29-20)25-18-5-3-4-16(23)12-18/h3-12H,1-2H3,(H,25,26,28)/b20-11-. The second-order valence-corrected chi connectivity index (χ2v) is 9.31. The number of amides is 1. The van der Waals surface area contributed by atoms with Crippen LogP contribution in [-0.2, 0) is 4.79 Å². The molecule has 1 aliphatic rings. The molecule has 7 heteroatoms. The zero-order valence-electron chi connectivity index (χ0n) is 15.7. The topological polar surface area (TPSA) is 46.4 Å². The van der Waals surface area contributed by atoms with Gasteiger partial charge >= 0.3 is 0 Å². The number of benzene rings is 2. The average molecular weight is 534 g/mol. The number of thioether (sulfide) groups is 1. The molecule has 1 amide bonds. The van der Waals surface area contributed by atoms with Gasteiger partial charge in [0.25, 0.3) is 5.91 Å². The van der Waals surface area contributed by atoms with Crippen molar-refractivity contribution in [2.75, 3.05) is 0 Å². The Kier molecular flexibility index (Phi) is 5.85. The quantitative estimate of drug-likeness (QED) is 0.320. The van der Waals surface area contributed by atoms with E-state index in [9.17, 15) is 4.79 Å². The third-order valence-electron chi connectivity index (χ3n) is 4.53. The van der Waals surface area contributed by atoms with Crippen LogP contribution in [0.2, 0.25) is 5.02 Å². The van der Waals surface area contributed by atoms with Crippen LogP contribution in [0.4, 0.5) is 5.69 Å². The Balaban J connectivity index is 1.64. The molecule has 0 saturated carbocycles. The van der Waals surface area contributed by atoms with Gasteiger partial charge in [-0.05, 0) is 108 Å². The molecule has 4 nitrogen and oxygen atoms in total. The number of carbonyl (C=O) groups is 1. The molecule has 1 aromatic heterocycles. The van der Waals surface area contributed by atoms with Crippen LogP contribution in [0.1, 0.15) is 17.0 Å². The second kappa shape index (κ2) is 8.38. The summed E-state index contributed by atoms with van der Waals surface area (Å²) in [6.45, 7) is 4.14. The highest BCUT2D eigenvalue weighted by atomic mass is 127. The molecule has 0 bridgehead atoms. The molecule has 1 N–H and O–H groups in total. The predicted molar refractivity (Wildman–Crippen MR) is 130 cm³/mol. The van der Waals surface area contributed by atoms with Crippen LogP contribution in [-0.4, -0.2) is 15.6 Å². The summed E-state index contributed by atoms with van der Waals surface area (Å²) in [5, 5.41) is 3.99. The van der Waals surface area contributed by atoms with E-state index in [4.69, 9.17) is 11.6 Å². The van der Waals surface area contributed by atoms with Crippen molar-refractivity contribution in [1.29, 1.82) is 0 Å². The van der Waals surface area contributed by atoms with Gasteiger partial charge in [0.1, 0.15) is 0 Å². The number of halogens is 2. The summed E-state index contributed by atoms with van der Waals surface area (Å²) in [5.41, 5.74) is 5.04. The zero-order valence-corrected chi connectivity index (χ0v) is 19.5. The molecular weight excluding hydrogens is 517 g/mol. The number of rotatable bonds is 3. The lowest BCUT2D eigenvalue weighted by Crippen LogP contribution is -2.19. The maximum Gasteiger partial charge on any atom is 0.264 e. The fourth-order valence-corrected chi connectivity index (χ4v) is 4.58. The van der Waals surface area contributed by atoms with E-state index in [2.05, 4.69) is 81.6 Å². The van der Waals surface area contributed by atoms with Crippen molar-refractivity contribution in [2.45, 2.75) is 13.8 Å². The van der Waals surface area contributed by atoms with Gasteiger partial charge in [0.15, 0.2) is 5.17 Å². The Morgan fingerprint density at radius 2 is 1.90 bits per heavy atom. The van der Waals surface area contributed by atoms with Gasteiger partial charge in [-0.1, -0.05) is 17.7 Å². The minimum Gasteiger partial charge on any atom is -0.318 e. The number of aryl methyl sites for hydroxylation is 1. The molecule has 4 rings (SSSR count). The first kappa shape index (κ1) is 20.3. The minimum absolute atomic E-state index is 0.144. The van der Waals surface area contributed by atoms with Crippen molar-refractivity contribution in [3.05, 3.63) is 85.0 Å². The van der Waals surface area contributed by atoms with E-state index in [1.165, 1.54) is 15.3 Å². The Hall–Kier alpha value is -2.03. The SMILES string of the molecule is Cc1cc(/C=C2\SC(=Nc3cccc(Cl)c3)NC2=O)c(C)n1-c1ccc(I)cc1. The van der Waals surface area contributed by atoms with Gasteiger partial charge in [-0.15, -0.1) is 0 Å². The molecule has 0 atom stereocenters. The highest BCUT2D eigenvalue weighted by Crippen LogP contribution is 2.31. The van der Waals surface area contributed by atoms with Gasteiger partial charge in [0.05, 0.1) is 10.6 Å². The van der Waals surface area contributed by atoms with E-state index in [0.717, 1.165) is 22.6 Å². The maximum absolute atomic E-state index is 12.4. The second-order valence-electron chi connectivity index (χ2n) is 6.60. The molecule has 29 heavy (non-hydrogen) atoms. The molecule has 1 fully saturated rings. The van der Waals surface area contributed by atoms with Gasteiger partial charge in [-0.25, -0.2) is 4.99 Å². The van der Waals surface area contributed by atoms with Gasteiger partial charge in [0.2, 0.25) is 0 Å². The van der Waals surface area contributed by atoms with Crippen molar-refractivity contribution in [3.63, 3.8) is 0 Å². The number of aliphatic imine (C=N–C) groups is 1. The lowest BCUT2D eigenvalue weighted by molar-refractivity contribution is -0.115. The Labute approximate surface area is 192 Å². The summed E-state index contributed by atoms with van der Waals surface area (Å²) in [5.74, 6) is -0.144. The van der Waals surface area contributed by atoms with E-state index in [0.29, 0.717) is 20.8 Å². The molecule has 2 heterocycles. The van der Waals surface area contributed by atoms with Crippen LogP contribution in [0.3, 0.4) is 0 Å². The van der Waals surface area contributed by atoms with Gasteiger partial charge < -0.3 is 9.88 Å². The van der Waals surface area contributed by atoms with Crippen molar-refractivity contribution >= 4 is 68.8 Å². The fraction of sp³-hybridized carbons (Fsp3) is 0.0909. The molecule has 1 aliphatic heterocycles. The lowest BCUT2D eigenvalue weighted by atomic mass is 10.2. The number of amidine groups is 1. The predicted octanol–water partition coefficient (Wildman–Crippen LogP) is 6.24. The van der Waals surface area contributed by atoms with Crippen molar-refractivity contribution in [2.24, 2.45) is 4.99 Å². The van der Waals surface area contributed by atoms with E-state index >= 15 is 0 Å². The van der Waals surface area contributed by atoms with Crippen molar-refractivity contribution in [1.82, 2.24) is 9.88 Å². The van der Waals surface area contributed by atoms with Crippen LogP contribution < -0.4 is 5.32 Å². The monoisotopic (exact) mass is 533 g/mol. The summed E-state index contributed by atoms with van der Waals surface area (Å²) in [6, 6.07) is 17.7. The Bertz CT molecular complexity index is 1170. The molecule has 2 aromatic carbocycles. The maximum atomic E-state index is 12.4. The summed E-state index contributed by atoms with van der Waals surface area (Å²) in [7, 11) is 0. The highest BCUT2D eigenvalue weighted by Gasteiger charge is 2.24. The van der Waals surface area contributed by atoms with E-state index in [1.807, 2.05) is 18.2 Å². The first-order valence-electron chi connectivity index (χ1n) is 8.91. The van der Waals surface area contributed by atoms with Crippen LogP contribution in [0.15, 0.2) is 64.5 Å². The van der Waals surface area contributed by atoms with Crippen LogP contribution in [0.25, 0.3) is 11.8 Å². The van der Waals surface area contributed by atoms with Crippen LogP contribution in [0.5, 0.6) is 0 Å². The van der Waals surface area contributed by atoms with Gasteiger partial charge in [-0.3, -0.25) is 4.79 Å². The highest BCUT2D eigenvalue weighted by molar-refractivity contribution is 14.1. The van der Waals surface area contributed by atoms with Gasteiger partial charge in [-0.2, -0.15) is 0 Å². The van der Waals surface area contributed by atoms with E-state index in [1.54, 1.807) is 12.1 Å². The minimum atomic E-state index is -0.144. The first-order valence-corrected chi connectivity index (χ1v) is 11.2. The summed E-state index contributed by atoms with van der Waals surface area (Å²) >= 11 is 9.64. The largest absolute Gasteiger partial charge is 0.318 e. The normalized spacial score (nSPS) is 16.6. The molecular formula is C22H17ClIN3OS. The smallest absolute Gasteiger partial charge is 0.264 e. The first-order chi connectivity index (χ1) is 13.9. The van der Waals surface area contributed by atoms with Crippen molar-refractivity contribution in [3.8, 4) is 5.69 Å². The van der Waals surface area contributed by atoms with E-state index in [-0.39, 0.29) is 5.91 Å². The number of hydrogen-bond acceptors (Lipinski definition) is 3. The molecule has 0 spiro atoms. The summed E-state index contributed by atoms with van der Waals surface area (Å²) in [4.78, 5) is 17.5. The molecule has 1 saturated heterocycles. The Morgan fingerprint density at radius 3 is 2.62 bits per heavy atom.